The van der Waals surface area contributed by atoms with E-state index in [0.29, 0.717) is 0 Å². The van der Waals surface area contributed by atoms with Crippen molar-refractivity contribution in [1.29, 1.82) is 0 Å². The lowest BCUT2D eigenvalue weighted by Crippen LogP contribution is -2.17. The molecule has 0 saturated carbocycles. The molecule has 0 amide bonds. The molecule has 0 unspecified atom stereocenters. The average Bonchev–Trinajstić information content (AvgIpc) is 2.16. The molecule has 0 aromatic carbocycles. The number of hydrogen-bond donors (Lipinski definition) is 1. The number of oxime groups is 1. The van der Waals surface area contributed by atoms with Gasteiger partial charge in [-0.2, -0.15) is 0 Å². The largest absolute Gasteiger partial charge is 0.438 e. The summed E-state index contributed by atoms with van der Waals surface area (Å²) in [5.41, 5.74) is 0. The van der Waals surface area contributed by atoms with Gasteiger partial charge in [0.1, 0.15) is 0 Å². The molecular formula is C7H7NO5. The summed E-state index contributed by atoms with van der Waals surface area (Å²) in [4.78, 5) is 21.0. The minimum atomic E-state index is -0.912. The van der Waals surface area contributed by atoms with Crippen LogP contribution in [-0.4, -0.2) is 23.2 Å². The smallest absolute Gasteiger partial charge is 0.405 e. The second-order valence-electron chi connectivity index (χ2n) is 1.62. The van der Waals surface area contributed by atoms with Gasteiger partial charge in [-0.1, -0.05) is 13.2 Å². The van der Waals surface area contributed by atoms with Crippen LogP contribution in [0.3, 0.4) is 0 Å². The van der Waals surface area contributed by atoms with E-state index in [9.17, 15) is 9.59 Å². The lowest BCUT2D eigenvalue weighted by atomic mass is 10.6. The molecule has 0 rings (SSSR count). The Kier molecular flexibility index (Phi) is 4.63. The van der Waals surface area contributed by atoms with Crippen molar-refractivity contribution in [2.45, 2.75) is 0 Å². The second kappa shape index (κ2) is 5.53. The number of rotatable bonds is 2. The van der Waals surface area contributed by atoms with E-state index >= 15 is 0 Å². The predicted molar refractivity (Wildman–Crippen MR) is 41.8 cm³/mol. The van der Waals surface area contributed by atoms with E-state index < -0.39 is 18.0 Å². The van der Waals surface area contributed by atoms with E-state index in [4.69, 9.17) is 5.21 Å². The number of esters is 2. The van der Waals surface area contributed by atoms with Gasteiger partial charge in [0, 0.05) is 12.2 Å². The molecule has 0 aliphatic rings. The van der Waals surface area contributed by atoms with Crippen LogP contribution in [0.25, 0.3) is 0 Å². The maximum atomic E-state index is 10.5. The van der Waals surface area contributed by atoms with Crippen molar-refractivity contribution in [2.24, 2.45) is 5.16 Å². The molecule has 1 N–H and O–H groups in total. The van der Waals surface area contributed by atoms with E-state index in [2.05, 4.69) is 27.8 Å². The van der Waals surface area contributed by atoms with E-state index in [-0.39, 0.29) is 0 Å². The molecule has 0 fully saturated rings. The number of carbonyl (C=O) groups excluding carboxylic acids is 2. The zero-order valence-electron chi connectivity index (χ0n) is 6.60. The minimum Gasteiger partial charge on any atom is -0.405 e. The first-order valence-electron chi connectivity index (χ1n) is 3.04. The van der Waals surface area contributed by atoms with Crippen molar-refractivity contribution in [3.63, 3.8) is 0 Å². The topological polar surface area (TPSA) is 85.2 Å². The van der Waals surface area contributed by atoms with E-state index in [0.717, 1.165) is 12.2 Å². The van der Waals surface area contributed by atoms with Crippen LogP contribution < -0.4 is 0 Å². The van der Waals surface area contributed by atoms with Crippen LogP contribution in [-0.2, 0) is 19.1 Å². The van der Waals surface area contributed by atoms with Gasteiger partial charge in [0.15, 0.2) is 0 Å². The Labute approximate surface area is 73.7 Å². The molecule has 0 spiro atoms. The Bertz CT molecular complexity index is 244. The van der Waals surface area contributed by atoms with Crippen molar-refractivity contribution >= 4 is 18.0 Å². The predicted octanol–water partition coefficient (Wildman–Crippen LogP) is 0.190. The van der Waals surface area contributed by atoms with Gasteiger partial charge in [0.05, 0.1) is 0 Å². The third-order valence-corrected chi connectivity index (χ3v) is 0.791. The van der Waals surface area contributed by atoms with Crippen molar-refractivity contribution in [1.82, 2.24) is 0 Å². The summed E-state index contributed by atoms with van der Waals surface area (Å²) < 4.78 is 8.35. The highest BCUT2D eigenvalue weighted by atomic mass is 16.7. The SMILES string of the molecule is C=CC(=O)OC(=NO)OC(=O)C=C. The normalized spacial score (nSPS) is 8.00. The molecular weight excluding hydrogens is 178 g/mol. The van der Waals surface area contributed by atoms with Crippen LogP contribution in [0, 0.1) is 0 Å². The second-order valence-corrected chi connectivity index (χ2v) is 1.62. The summed E-state index contributed by atoms with van der Waals surface area (Å²) in [6.07, 6.45) is 0.745. The van der Waals surface area contributed by atoms with Crippen molar-refractivity contribution in [3.05, 3.63) is 25.3 Å². The Hall–Kier alpha value is -2.11. The summed E-state index contributed by atoms with van der Waals surface area (Å²) >= 11 is 0. The van der Waals surface area contributed by atoms with Crippen molar-refractivity contribution in [3.8, 4) is 0 Å². The fraction of sp³-hybridized carbons (Fsp3) is 0. The molecule has 0 aromatic heterocycles. The van der Waals surface area contributed by atoms with Crippen LogP contribution in [0.4, 0.5) is 0 Å². The monoisotopic (exact) mass is 185 g/mol. The third-order valence-electron chi connectivity index (χ3n) is 0.791. The minimum absolute atomic E-state index is 0.812. The standard InChI is InChI=1S/C7H7NO5/c1-3-5(9)12-7(8-11)13-6(10)4-2/h3-4,11H,1-2H2. The summed E-state index contributed by atoms with van der Waals surface area (Å²) in [5.74, 6) is -1.82. The fourth-order valence-corrected chi connectivity index (χ4v) is 0.317. The quantitative estimate of drug-likeness (QED) is 0.166. The van der Waals surface area contributed by atoms with Gasteiger partial charge in [0.25, 0.3) is 0 Å². The molecule has 0 atom stereocenters. The van der Waals surface area contributed by atoms with Crippen LogP contribution in [0.2, 0.25) is 0 Å². The van der Waals surface area contributed by atoms with Gasteiger partial charge >= 0.3 is 18.0 Å². The van der Waals surface area contributed by atoms with E-state index in [1.54, 1.807) is 0 Å². The Balaban J connectivity index is 4.21. The fourth-order valence-electron chi connectivity index (χ4n) is 0.317. The molecule has 0 aliphatic heterocycles. The Morgan fingerprint density at radius 2 is 1.54 bits per heavy atom. The number of hydrogen-bond acceptors (Lipinski definition) is 6. The van der Waals surface area contributed by atoms with Crippen molar-refractivity contribution in [2.75, 3.05) is 0 Å². The first-order valence-corrected chi connectivity index (χ1v) is 3.04. The molecule has 0 bridgehead atoms. The summed E-state index contributed by atoms with van der Waals surface area (Å²) in [5, 5.41) is 10.6. The highest BCUT2D eigenvalue weighted by molar-refractivity contribution is 5.96. The molecule has 70 valence electrons. The highest BCUT2D eigenvalue weighted by Gasteiger charge is 2.10. The summed E-state index contributed by atoms with van der Waals surface area (Å²) in [6, 6.07) is 0. The van der Waals surface area contributed by atoms with Gasteiger partial charge in [-0.3, -0.25) is 0 Å². The summed E-state index contributed by atoms with van der Waals surface area (Å²) in [7, 11) is 0. The van der Waals surface area contributed by atoms with E-state index in [1.807, 2.05) is 0 Å². The maximum Gasteiger partial charge on any atom is 0.438 e. The van der Waals surface area contributed by atoms with Crippen LogP contribution in [0.15, 0.2) is 30.5 Å². The zero-order valence-corrected chi connectivity index (χ0v) is 6.60. The first kappa shape index (κ1) is 10.9. The molecule has 0 saturated heterocycles. The van der Waals surface area contributed by atoms with Crippen LogP contribution in [0.5, 0.6) is 0 Å². The molecule has 6 nitrogen and oxygen atoms in total. The first-order chi connectivity index (χ1) is 6.13. The highest BCUT2D eigenvalue weighted by Crippen LogP contribution is 1.89. The van der Waals surface area contributed by atoms with Crippen LogP contribution >= 0.6 is 0 Å². The lowest BCUT2D eigenvalue weighted by molar-refractivity contribution is -0.137. The molecule has 0 aromatic rings. The van der Waals surface area contributed by atoms with Gasteiger partial charge in [-0.25, -0.2) is 9.59 Å². The van der Waals surface area contributed by atoms with Gasteiger partial charge in [-0.05, 0) is 5.16 Å². The molecule has 0 radical (unpaired) electrons. The van der Waals surface area contributed by atoms with Crippen LogP contribution in [0.1, 0.15) is 0 Å². The molecule has 0 heterocycles. The molecule has 0 aliphatic carbocycles. The van der Waals surface area contributed by atoms with Crippen molar-refractivity contribution < 1.29 is 24.3 Å². The zero-order chi connectivity index (χ0) is 10.3. The average molecular weight is 185 g/mol. The Morgan fingerprint density at radius 1 is 1.15 bits per heavy atom. The molecule has 6 heteroatoms. The summed E-state index contributed by atoms with van der Waals surface area (Å²) in [6.45, 7) is 6.15. The third kappa shape index (κ3) is 4.35. The van der Waals surface area contributed by atoms with E-state index in [1.165, 1.54) is 0 Å². The number of ether oxygens (including phenoxy) is 2. The maximum absolute atomic E-state index is 10.5. The lowest BCUT2D eigenvalue weighted by Gasteiger charge is -2.00. The number of nitrogens with zero attached hydrogens (tertiary/aromatic N) is 1. The van der Waals surface area contributed by atoms with Gasteiger partial charge in [-0.15, -0.1) is 0 Å². The molecule has 13 heavy (non-hydrogen) atoms. The van der Waals surface area contributed by atoms with Gasteiger partial charge < -0.3 is 14.7 Å². The van der Waals surface area contributed by atoms with Gasteiger partial charge in [0.2, 0.25) is 0 Å². The number of carbonyl (C=O) groups is 2. The Morgan fingerprint density at radius 3 is 1.77 bits per heavy atom.